The minimum absolute atomic E-state index is 0.0879. The van der Waals surface area contributed by atoms with Crippen LogP contribution in [0.25, 0.3) is 0 Å². The second-order valence-corrected chi connectivity index (χ2v) is 8.99. The predicted molar refractivity (Wildman–Crippen MR) is 118 cm³/mol. The van der Waals surface area contributed by atoms with E-state index in [0.29, 0.717) is 18.4 Å². The van der Waals surface area contributed by atoms with Gasteiger partial charge in [-0.05, 0) is 48.9 Å². The molecule has 3 rings (SSSR count). The molecule has 34 heavy (non-hydrogen) atoms. The number of halogens is 3. The predicted octanol–water partition coefficient (Wildman–Crippen LogP) is 3.66. The molecule has 0 fully saturated rings. The topological polar surface area (TPSA) is 97.4 Å². The van der Waals surface area contributed by atoms with Gasteiger partial charge in [0, 0.05) is 12.7 Å². The highest BCUT2D eigenvalue weighted by Crippen LogP contribution is 2.33. The van der Waals surface area contributed by atoms with E-state index in [-0.39, 0.29) is 6.54 Å². The Labute approximate surface area is 195 Å². The first-order chi connectivity index (χ1) is 16.1. The van der Waals surface area contributed by atoms with Crippen molar-refractivity contribution in [3.05, 3.63) is 89.7 Å². The van der Waals surface area contributed by atoms with Crippen LogP contribution in [0.4, 0.5) is 13.2 Å². The summed E-state index contributed by atoms with van der Waals surface area (Å²) >= 11 is 0. The lowest BCUT2D eigenvalue weighted by Gasteiger charge is -2.17. The van der Waals surface area contributed by atoms with Gasteiger partial charge in [-0.3, -0.25) is 9.78 Å². The number of carbonyl (C=O) groups is 1. The summed E-state index contributed by atoms with van der Waals surface area (Å²) in [6.07, 6.45) is -3.19. The maximum absolute atomic E-state index is 13.2. The molecule has 0 spiro atoms. The number of aromatic nitrogens is 1. The van der Waals surface area contributed by atoms with E-state index in [1.165, 1.54) is 13.0 Å². The minimum atomic E-state index is -4.86. The molecule has 0 saturated heterocycles. The van der Waals surface area contributed by atoms with E-state index in [2.05, 4.69) is 10.3 Å². The second kappa shape index (κ2) is 10.7. The molecular formula is C23H22F3N3O4S. The van der Waals surface area contributed by atoms with Crippen molar-refractivity contribution in [2.75, 3.05) is 0 Å². The standard InChI is InChI=1S/C23H22F3N3O4S/c1-16(29-34(31,32)21-8-3-2-7-20(21)23(24,25)26)22(30)28-14-17-9-11-19(12-10-17)33-15-18-6-4-5-13-27-18/h2-13,16,29H,14-15H2,1H3,(H,28,30)/t16-/m0/s1. The summed E-state index contributed by atoms with van der Waals surface area (Å²) in [7, 11) is -4.59. The number of sulfonamides is 1. The molecular weight excluding hydrogens is 471 g/mol. The molecule has 1 aromatic heterocycles. The first-order valence-electron chi connectivity index (χ1n) is 10.1. The molecule has 0 saturated carbocycles. The van der Waals surface area contributed by atoms with Crippen molar-refractivity contribution >= 4 is 15.9 Å². The number of hydrogen-bond acceptors (Lipinski definition) is 5. The van der Waals surface area contributed by atoms with Crippen LogP contribution < -0.4 is 14.8 Å². The molecule has 0 unspecified atom stereocenters. The molecule has 2 aromatic carbocycles. The largest absolute Gasteiger partial charge is 0.487 e. The Bertz CT molecular complexity index is 1220. The molecule has 1 amide bonds. The van der Waals surface area contributed by atoms with Crippen LogP contribution in [0, 0.1) is 0 Å². The summed E-state index contributed by atoms with van der Waals surface area (Å²) in [6.45, 7) is 1.63. The molecule has 11 heteroatoms. The van der Waals surface area contributed by atoms with Crippen molar-refractivity contribution in [3.63, 3.8) is 0 Å². The summed E-state index contributed by atoms with van der Waals surface area (Å²) in [4.78, 5) is 15.6. The van der Waals surface area contributed by atoms with Gasteiger partial charge in [0.05, 0.1) is 22.2 Å². The second-order valence-electron chi connectivity index (χ2n) is 7.31. The Hall–Kier alpha value is -3.44. The number of amides is 1. The van der Waals surface area contributed by atoms with Gasteiger partial charge in [0.1, 0.15) is 12.4 Å². The number of pyridine rings is 1. The molecule has 2 N–H and O–H groups in total. The fraction of sp³-hybridized carbons (Fsp3) is 0.217. The number of nitrogens with one attached hydrogen (secondary N) is 2. The monoisotopic (exact) mass is 493 g/mol. The number of benzene rings is 2. The van der Waals surface area contributed by atoms with Crippen LogP contribution in [-0.4, -0.2) is 25.4 Å². The van der Waals surface area contributed by atoms with E-state index in [0.717, 1.165) is 23.4 Å². The van der Waals surface area contributed by atoms with E-state index in [1.54, 1.807) is 36.5 Å². The maximum Gasteiger partial charge on any atom is 0.417 e. The highest BCUT2D eigenvalue weighted by atomic mass is 32.2. The van der Waals surface area contributed by atoms with Crippen LogP contribution in [0.5, 0.6) is 5.75 Å². The number of alkyl halides is 3. The first kappa shape index (κ1) is 25.2. The molecule has 3 aromatic rings. The number of nitrogens with zero attached hydrogens (tertiary/aromatic N) is 1. The zero-order chi connectivity index (χ0) is 24.8. The molecule has 0 bridgehead atoms. The molecule has 1 heterocycles. The number of ether oxygens (including phenoxy) is 1. The van der Waals surface area contributed by atoms with Gasteiger partial charge in [-0.1, -0.05) is 30.3 Å². The van der Waals surface area contributed by atoms with Crippen LogP contribution in [0.1, 0.15) is 23.7 Å². The molecule has 0 aliphatic carbocycles. The summed E-state index contributed by atoms with van der Waals surface area (Å²) in [6, 6.07) is 14.9. The van der Waals surface area contributed by atoms with Crippen LogP contribution in [0.15, 0.2) is 77.8 Å². The Morgan fingerprint density at radius 2 is 1.71 bits per heavy atom. The van der Waals surface area contributed by atoms with Gasteiger partial charge in [0.15, 0.2) is 0 Å². The van der Waals surface area contributed by atoms with Gasteiger partial charge < -0.3 is 10.1 Å². The third kappa shape index (κ3) is 6.78. The van der Waals surface area contributed by atoms with Crippen LogP contribution >= 0.6 is 0 Å². The van der Waals surface area contributed by atoms with E-state index >= 15 is 0 Å². The lowest BCUT2D eigenvalue weighted by atomic mass is 10.2. The molecule has 0 aliphatic rings. The van der Waals surface area contributed by atoms with Crippen molar-refractivity contribution in [1.29, 1.82) is 0 Å². The van der Waals surface area contributed by atoms with Gasteiger partial charge in [0.25, 0.3) is 0 Å². The van der Waals surface area contributed by atoms with Crippen molar-refractivity contribution < 1.29 is 31.1 Å². The third-order valence-corrected chi connectivity index (χ3v) is 6.31. The van der Waals surface area contributed by atoms with Crippen molar-refractivity contribution in [3.8, 4) is 5.75 Å². The molecule has 7 nitrogen and oxygen atoms in total. The van der Waals surface area contributed by atoms with Crippen LogP contribution in [0.3, 0.4) is 0 Å². The number of rotatable bonds is 9. The average molecular weight is 494 g/mol. The normalized spacial score (nSPS) is 12.7. The van der Waals surface area contributed by atoms with Crippen LogP contribution in [0.2, 0.25) is 0 Å². The van der Waals surface area contributed by atoms with Crippen molar-refractivity contribution in [2.24, 2.45) is 0 Å². The van der Waals surface area contributed by atoms with Gasteiger partial charge in [-0.15, -0.1) is 0 Å². The number of carbonyl (C=O) groups excluding carboxylic acids is 1. The van der Waals surface area contributed by atoms with Crippen LogP contribution in [-0.2, 0) is 34.1 Å². The fourth-order valence-electron chi connectivity index (χ4n) is 2.97. The molecule has 180 valence electrons. The average Bonchev–Trinajstić information content (AvgIpc) is 2.81. The van der Waals surface area contributed by atoms with Gasteiger partial charge in [-0.2, -0.15) is 17.9 Å². The summed E-state index contributed by atoms with van der Waals surface area (Å²) < 4.78 is 72.1. The fourth-order valence-corrected chi connectivity index (χ4v) is 4.40. The van der Waals surface area contributed by atoms with Gasteiger partial charge >= 0.3 is 6.18 Å². The third-order valence-electron chi connectivity index (χ3n) is 4.71. The number of hydrogen-bond donors (Lipinski definition) is 2. The highest BCUT2D eigenvalue weighted by Gasteiger charge is 2.37. The van der Waals surface area contributed by atoms with Crippen molar-refractivity contribution in [1.82, 2.24) is 15.0 Å². The summed E-state index contributed by atoms with van der Waals surface area (Å²) in [5, 5.41) is 2.56. The van der Waals surface area contributed by atoms with E-state index < -0.39 is 38.6 Å². The highest BCUT2D eigenvalue weighted by molar-refractivity contribution is 7.89. The van der Waals surface area contributed by atoms with Crippen molar-refractivity contribution in [2.45, 2.75) is 37.2 Å². The summed E-state index contributed by atoms with van der Waals surface area (Å²) in [5.41, 5.74) is 0.185. The maximum atomic E-state index is 13.2. The lowest BCUT2D eigenvalue weighted by Crippen LogP contribution is -2.44. The molecule has 0 radical (unpaired) electrons. The zero-order valence-electron chi connectivity index (χ0n) is 18.0. The Morgan fingerprint density at radius 3 is 2.35 bits per heavy atom. The molecule has 0 aliphatic heterocycles. The van der Waals surface area contributed by atoms with E-state index in [4.69, 9.17) is 4.74 Å². The Morgan fingerprint density at radius 1 is 1.03 bits per heavy atom. The smallest absolute Gasteiger partial charge is 0.417 e. The van der Waals surface area contributed by atoms with Gasteiger partial charge in [0.2, 0.25) is 15.9 Å². The van der Waals surface area contributed by atoms with E-state index in [1.807, 2.05) is 16.9 Å². The first-order valence-corrected chi connectivity index (χ1v) is 11.6. The SMILES string of the molecule is C[C@H](NS(=O)(=O)c1ccccc1C(F)(F)F)C(=O)NCc1ccc(OCc2ccccn2)cc1. The Balaban J connectivity index is 1.55. The summed E-state index contributed by atoms with van der Waals surface area (Å²) in [5.74, 6) is -0.0891. The Kier molecular flexibility index (Phi) is 7.90. The van der Waals surface area contributed by atoms with Gasteiger partial charge in [-0.25, -0.2) is 8.42 Å². The zero-order valence-corrected chi connectivity index (χ0v) is 18.9. The minimum Gasteiger partial charge on any atom is -0.487 e. The molecule has 1 atom stereocenters. The van der Waals surface area contributed by atoms with E-state index in [9.17, 15) is 26.4 Å². The quantitative estimate of drug-likeness (QED) is 0.474. The lowest BCUT2D eigenvalue weighted by molar-refractivity contribution is -0.139.